The standard InChI is InChI=1S/C25H32N8O6S/c1-26-24(35)33-10-7-18-16-19(4-5-21(18)33)38-20-6-9-27-22(17-20)29-25(36)31-11-13-32(14-12-31)30-23(34)28-8-3-15-40-39-37-2/h4-7,9-10,16-17H,3,8,11-15H2,1-2H3,(H,26,35)(H,27,29,36)(H2,28,30,34). The fourth-order valence-electron chi connectivity index (χ4n) is 3.97. The summed E-state index contributed by atoms with van der Waals surface area (Å²) < 4.78 is 12.2. The van der Waals surface area contributed by atoms with Crippen LogP contribution >= 0.6 is 12.0 Å². The number of hydrogen-bond donors (Lipinski definition) is 4. The van der Waals surface area contributed by atoms with Gasteiger partial charge in [-0.25, -0.2) is 29.3 Å². The predicted molar refractivity (Wildman–Crippen MR) is 150 cm³/mol. The van der Waals surface area contributed by atoms with Gasteiger partial charge in [-0.05, 0) is 36.8 Å². The highest BCUT2D eigenvalue weighted by atomic mass is 32.2. The Hall–Kier alpha value is -4.05. The molecule has 0 radical (unpaired) electrons. The van der Waals surface area contributed by atoms with Crippen LogP contribution in [0.4, 0.5) is 20.2 Å². The summed E-state index contributed by atoms with van der Waals surface area (Å²) in [4.78, 5) is 47.2. The second kappa shape index (κ2) is 14.4. The zero-order chi connectivity index (χ0) is 28.3. The van der Waals surface area contributed by atoms with E-state index in [1.165, 1.54) is 23.7 Å². The molecule has 0 atom stereocenters. The van der Waals surface area contributed by atoms with Crippen LogP contribution in [-0.4, -0.2) is 90.2 Å². The van der Waals surface area contributed by atoms with Crippen molar-refractivity contribution >= 4 is 46.9 Å². The van der Waals surface area contributed by atoms with E-state index in [-0.39, 0.29) is 18.1 Å². The lowest BCUT2D eigenvalue weighted by molar-refractivity contribution is -0.160. The molecule has 0 bridgehead atoms. The third-order valence-corrected chi connectivity index (χ3v) is 6.62. The van der Waals surface area contributed by atoms with E-state index in [0.717, 1.165) is 17.3 Å². The predicted octanol–water partition coefficient (Wildman–Crippen LogP) is 3.00. The van der Waals surface area contributed by atoms with Crippen molar-refractivity contribution in [3.8, 4) is 11.5 Å². The summed E-state index contributed by atoms with van der Waals surface area (Å²) in [5, 5.41) is 10.8. The van der Waals surface area contributed by atoms with Gasteiger partial charge in [-0.2, -0.15) is 4.33 Å². The molecular weight excluding hydrogens is 540 g/mol. The zero-order valence-corrected chi connectivity index (χ0v) is 23.0. The molecule has 0 unspecified atom stereocenters. The van der Waals surface area contributed by atoms with Crippen LogP contribution in [0.5, 0.6) is 11.5 Å². The first-order chi connectivity index (χ1) is 19.5. The van der Waals surface area contributed by atoms with E-state index in [1.807, 2.05) is 12.1 Å². The van der Waals surface area contributed by atoms with Crippen molar-refractivity contribution in [2.24, 2.45) is 0 Å². The molecule has 214 valence electrons. The lowest BCUT2D eigenvalue weighted by Gasteiger charge is -2.34. The molecule has 0 aliphatic carbocycles. The topological polar surface area (TPSA) is 151 Å². The van der Waals surface area contributed by atoms with Gasteiger partial charge in [-0.15, -0.1) is 0 Å². The van der Waals surface area contributed by atoms with Crippen LogP contribution in [0.25, 0.3) is 10.9 Å². The molecule has 1 saturated heterocycles. The van der Waals surface area contributed by atoms with Gasteiger partial charge >= 0.3 is 18.1 Å². The number of rotatable bonds is 10. The van der Waals surface area contributed by atoms with E-state index in [4.69, 9.17) is 9.07 Å². The first-order valence-corrected chi connectivity index (χ1v) is 13.5. The molecule has 1 aliphatic heterocycles. The molecule has 4 N–H and O–H groups in total. The number of piperazine rings is 1. The molecule has 0 saturated carbocycles. The van der Waals surface area contributed by atoms with E-state index in [0.29, 0.717) is 55.8 Å². The van der Waals surface area contributed by atoms with Crippen molar-refractivity contribution in [3.05, 3.63) is 48.8 Å². The first-order valence-electron chi connectivity index (χ1n) is 12.6. The number of hydrazine groups is 1. The fourth-order valence-corrected chi connectivity index (χ4v) is 4.40. The van der Waals surface area contributed by atoms with E-state index in [2.05, 4.69) is 31.2 Å². The highest BCUT2D eigenvalue weighted by Gasteiger charge is 2.22. The number of carbonyl (C=O) groups excluding carboxylic acids is 3. The Kier molecular flexibility index (Phi) is 10.4. The highest BCUT2D eigenvalue weighted by molar-refractivity contribution is 7.94. The minimum atomic E-state index is -0.292. The van der Waals surface area contributed by atoms with Crippen LogP contribution < -0.4 is 26.1 Å². The van der Waals surface area contributed by atoms with Gasteiger partial charge in [0.25, 0.3) is 0 Å². The molecular formula is C25H32N8O6S. The van der Waals surface area contributed by atoms with Crippen molar-refractivity contribution in [2.75, 3.05) is 58.0 Å². The van der Waals surface area contributed by atoms with Gasteiger partial charge in [0.1, 0.15) is 17.3 Å². The van der Waals surface area contributed by atoms with Crippen molar-refractivity contribution in [2.45, 2.75) is 6.42 Å². The number of hydrogen-bond acceptors (Lipinski definition) is 9. The molecule has 1 aromatic carbocycles. The number of urea groups is 2. The first kappa shape index (κ1) is 28.9. The van der Waals surface area contributed by atoms with E-state index < -0.39 is 0 Å². The number of pyridine rings is 1. The summed E-state index contributed by atoms with van der Waals surface area (Å²) in [7, 11) is 3.02. The third-order valence-electron chi connectivity index (χ3n) is 5.93. The number of carbonyl (C=O) groups is 3. The Morgan fingerprint density at radius 3 is 2.60 bits per heavy atom. The summed E-state index contributed by atoms with van der Waals surface area (Å²) in [5.74, 6) is 2.12. The number of nitrogens with one attached hydrogen (secondary N) is 4. The van der Waals surface area contributed by atoms with Crippen molar-refractivity contribution < 1.29 is 28.3 Å². The largest absolute Gasteiger partial charge is 0.457 e. The summed E-state index contributed by atoms with van der Waals surface area (Å²) in [5.41, 5.74) is 3.55. The number of benzene rings is 1. The molecule has 3 aromatic rings. The summed E-state index contributed by atoms with van der Waals surface area (Å²) in [6, 6.07) is 9.76. The smallest absolute Gasteiger partial charge is 0.329 e. The Morgan fingerprint density at radius 1 is 1.02 bits per heavy atom. The van der Waals surface area contributed by atoms with Crippen LogP contribution in [0, 0.1) is 0 Å². The Balaban J connectivity index is 1.22. The SMILES string of the molecule is CNC(=O)n1ccc2cc(Oc3ccnc(NC(=O)N4CCN(NC(=O)NCCCSOOC)CC4)c3)ccc21. The van der Waals surface area contributed by atoms with Gasteiger partial charge in [0.2, 0.25) is 0 Å². The molecule has 1 fully saturated rings. The lowest BCUT2D eigenvalue weighted by atomic mass is 10.2. The molecule has 3 heterocycles. The van der Waals surface area contributed by atoms with E-state index in [9.17, 15) is 14.4 Å². The normalized spacial score (nSPS) is 13.6. The maximum atomic E-state index is 12.8. The Bertz CT molecular complexity index is 1310. The zero-order valence-electron chi connectivity index (χ0n) is 22.2. The maximum Gasteiger partial charge on any atom is 0.329 e. The number of amides is 5. The molecule has 1 aliphatic rings. The number of aromatic nitrogens is 2. The van der Waals surface area contributed by atoms with Crippen LogP contribution in [0.2, 0.25) is 0 Å². The van der Waals surface area contributed by atoms with Crippen molar-refractivity contribution in [3.63, 3.8) is 0 Å². The Morgan fingerprint density at radius 2 is 1.82 bits per heavy atom. The third kappa shape index (κ3) is 7.98. The van der Waals surface area contributed by atoms with Gasteiger partial charge in [-0.3, -0.25) is 15.3 Å². The minimum absolute atomic E-state index is 0.225. The lowest BCUT2D eigenvalue weighted by Crippen LogP contribution is -2.57. The second-order valence-electron chi connectivity index (χ2n) is 8.62. The van der Waals surface area contributed by atoms with Gasteiger partial charge in [0.05, 0.1) is 12.6 Å². The van der Waals surface area contributed by atoms with Gasteiger partial charge < -0.3 is 20.3 Å². The summed E-state index contributed by atoms with van der Waals surface area (Å²) in [6.07, 6.45) is 3.98. The summed E-state index contributed by atoms with van der Waals surface area (Å²) >= 11 is 1.18. The van der Waals surface area contributed by atoms with E-state index >= 15 is 0 Å². The number of ether oxygens (including phenoxy) is 1. The van der Waals surface area contributed by atoms with Crippen LogP contribution in [0.3, 0.4) is 0 Å². The molecule has 0 spiro atoms. The van der Waals surface area contributed by atoms with Gasteiger partial charge in [0, 0.05) is 81.4 Å². The fraction of sp³-hybridized carbons (Fsp3) is 0.360. The molecule has 14 nitrogen and oxygen atoms in total. The second-order valence-corrected chi connectivity index (χ2v) is 9.40. The molecule has 4 rings (SSSR count). The van der Waals surface area contributed by atoms with Crippen LogP contribution in [0.15, 0.2) is 48.8 Å². The average Bonchev–Trinajstić information content (AvgIpc) is 3.38. The summed E-state index contributed by atoms with van der Waals surface area (Å²) in [6.45, 7) is 2.34. The maximum absolute atomic E-state index is 12.8. The number of fused-ring (bicyclic) bond motifs is 1. The van der Waals surface area contributed by atoms with E-state index in [1.54, 1.807) is 53.6 Å². The van der Waals surface area contributed by atoms with Crippen molar-refractivity contribution in [1.82, 2.24) is 35.5 Å². The molecule has 40 heavy (non-hydrogen) atoms. The minimum Gasteiger partial charge on any atom is -0.457 e. The Labute approximate surface area is 235 Å². The molecule has 15 heteroatoms. The average molecular weight is 573 g/mol. The quantitative estimate of drug-likeness (QED) is 0.124. The van der Waals surface area contributed by atoms with Gasteiger partial charge in [0.15, 0.2) is 0 Å². The van der Waals surface area contributed by atoms with Gasteiger partial charge in [-0.1, -0.05) is 0 Å². The van der Waals surface area contributed by atoms with Crippen molar-refractivity contribution in [1.29, 1.82) is 0 Å². The monoisotopic (exact) mass is 572 g/mol. The molecule has 2 aromatic heterocycles. The van der Waals surface area contributed by atoms with Crippen LogP contribution in [-0.2, 0) is 9.22 Å². The highest BCUT2D eigenvalue weighted by Crippen LogP contribution is 2.27. The number of anilines is 1. The van der Waals surface area contributed by atoms with Crippen LogP contribution in [0.1, 0.15) is 6.42 Å². The number of nitrogens with zero attached hydrogens (tertiary/aromatic N) is 4. The molecule has 5 amide bonds.